The van der Waals surface area contributed by atoms with Crippen molar-refractivity contribution in [3.8, 4) is 0 Å². The summed E-state index contributed by atoms with van der Waals surface area (Å²) < 4.78 is 0. The van der Waals surface area contributed by atoms with Crippen LogP contribution in [0.3, 0.4) is 0 Å². The van der Waals surface area contributed by atoms with Gasteiger partial charge in [-0.2, -0.15) is 0 Å². The summed E-state index contributed by atoms with van der Waals surface area (Å²) in [6.07, 6.45) is 6.58. The zero-order chi connectivity index (χ0) is 7.82. The largest absolute Gasteiger partial charge is 0.330 e. The summed E-state index contributed by atoms with van der Waals surface area (Å²) in [7, 11) is 0. The first-order valence-corrected chi connectivity index (χ1v) is 4.55. The van der Waals surface area contributed by atoms with Crippen molar-refractivity contribution >= 4 is 12.4 Å². The summed E-state index contributed by atoms with van der Waals surface area (Å²) in [5.74, 6) is 0.903. The van der Waals surface area contributed by atoms with Gasteiger partial charge in [-0.05, 0) is 18.9 Å². The van der Waals surface area contributed by atoms with Gasteiger partial charge in [0.25, 0.3) is 0 Å². The van der Waals surface area contributed by atoms with Gasteiger partial charge in [-0.25, -0.2) is 0 Å². The smallest absolute Gasteiger partial charge is 0.00746 e. The summed E-state index contributed by atoms with van der Waals surface area (Å²) in [5.41, 5.74) is 5.49. The molecule has 1 nitrogen and oxygen atoms in total. The minimum absolute atomic E-state index is 0. The Labute approximate surface area is 77.2 Å². The van der Waals surface area contributed by atoms with Gasteiger partial charge in [0, 0.05) is 0 Å². The Morgan fingerprint density at radius 1 is 1.00 bits per heavy atom. The summed E-state index contributed by atoms with van der Waals surface area (Å²) in [6.45, 7) is 5.36. The van der Waals surface area contributed by atoms with Gasteiger partial charge in [0.2, 0.25) is 0 Å². The predicted octanol–water partition coefficient (Wildman–Crippen LogP) is 2.97. The fourth-order valence-corrected chi connectivity index (χ4v) is 1.49. The fraction of sp³-hybridized carbons (Fsp3) is 1.00. The molecule has 0 saturated carbocycles. The Morgan fingerprint density at radius 2 is 1.45 bits per heavy atom. The second-order valence-electron chi connectivity index (χ2n) is 3.02. The number of rotatable bonds is 6. The van der Waals surface area contributed by atoms with Crippen LogP contribution in [-0.4, -0.2) is 6.54 Å². The van der Waals surface area contributed by atoms with Crippen molar-refractivity contribution in [3.63, 3.8) is 0 Å². The summed E-state index contributed by atoms with van der Waals surface area (Å²) in [5, 5.41) is 0. The van der Waals surface area contributed by atoms with Crippen LogP contribution in [0.1, 0.15) is 46.0 Å². The van der Waals surface area contributed by atoms with Crippen molar-refractivity contribution in [2.75, 3.05) is 6.54 Å². The molecule has 0 rings (SSSR count). The van der Waals surface area contributed by atoms with E-state index >= 15 is 0 Å². The number of hydrogen-bond acceptors (Lipinski definition) is 1. The van der Waals surface area contributed by atoms with E-state index in [1.165, 1.54) is 32.1 Å². The Morgan fingerprint density at radius 3 is 1.73 bits per heavy atom. The van der Waals surface area contributed by atoms with E-state index in [1.807, 2.05) is 0 Å². The maximum Gasteiger partial charge on any atom is -0.00746 e. The van der Waals surface area contributed by atoms with Crippen molar-refractivity contribution in [3.05, 3.63) is 0 Å². The molecule has 0 aromatic heterocycles. The molecular weight excluding hydrogens is 158 g/mol. The van der Waals surface area contributed by atoms with Gasteiger partial charge in [-0.3, -0.25) is 0 Å². The number of nitrogens with two attached hydrogens (primary N) is 1. The van der Waals surface area contributed by atoms with Gasteiger partial charge < -0.3 is 5.73 Å². The second kappa shape index (κ2) is 10.2. The Balaban J connectivity index is 0. The monoisotopic (exact) mass is 179 g/mol. The molecule has 0 amide bonds. The molecule has 11 heavy (non-hydrogen) atoms. The first kappa shape index (κ1) is 13.8. The van der Waals surface area contributed by atoms with Crippen LogP contribution in [0.5, 0.6) is 0 Å². The normalized spacial score (nSPS) is 9.82. The van der Waals surface area contributed by atoms with Crippen molar-refractivity contribution in [1.82, 2.24) is 0 Å². The highest BCUT2D eigenvalue weighted by Gasteiger charge is 2.03. The van der Waals surface area contributed by atoms with Crippen LogP contribution in [0.15, 0.2) is 0 Å². The molecule has 2 heteroatoms. The summed E-state index contributed by atoms with van der Waals surface area (Å²) >= 11 is 0. The maximum absolute atomic E-state index is 5.49. The van der Waals surface area contributed by atoms with Crippen molar-refractivity contribution in [2.24, 2.45) is 11.7 Å². The SMILES string of the molecule is CCCC(CCC)CCN.Cl. The highest BCUT2D eigenvalue weighted by atomic mass is 35.5. The van der Waals surface area contributed by atoms with Crippen molar-refractivity contribution in [1.29, 1.82) is 0 Å². The first-order valence-electron chi connectivity index (χ1n) is 4.55. The van der Waals surface area contributed by atoms with Gasteiger partial charge >= 0.3 is 0 Å². The van der Waals surface area contributed by atoms with Gasteiger partial charge in [-0.1, -0.05) is 39.5 Å². The Kier molecular flexibility index (Phi) is 12.9. The number of halogens is 1. The van der Waals surface area contributed by atoms with Crippen LogP contribution in [0.4, 0.5) is 0 Å². The number of hydrogen-bond donors (Lipinski definition) is 1. The summed E-state index contributed by atoms with van der Waals surface area (Å²) in [6, 6.07) is 0. The molecule has 0 saturated heterocycles. The average molecular weight is 180 g/mol. The Hall–Kier alpha value is 0.250. The molecule has 0 aliphatic heterocycles. The highest BCUT2D eigenvalue weighted by Crippen LogP contribution is 2.15. The molecule has 0 atom stereocenters. The third kappa shape index (κ3) is 8.15. The third-order valence-electron chi connectivity index (χ3n) is 1.97. The van der Waals surface area contributed by atoms with Gasteiger partial charge in [0.05, 0.1) is 0 Å². The van der Waals surface area contributed by atoms with Crippen LogP contribution in [0.2, 0.25) is 0 Å². The van der Waals surface area contributed by atoms with E-state index in [-0.39, 0.29) is 12.4 Å². The molecule has 0 aromatic rings. The second-order valence-corrected chi connectivity index (χ2v) is 3.02. The quantitative estimate of drug-likeness (QED) is 0.667. The molecule has 0 radical (unpaired) electrons. The lowest BCUT2D eigenvalue weighted by molar-refractivity contribution is 0.417. The molecule has 0 aliphatic carbocycles. The molecule has 2 N–H and O–H groups in total. The molecule has 0 unspecified atom stereocenters. The van der Waals surface area contributed by atoms with E-state index in [0.29, 0.717) is 0 Å². The van der Waals surface area contributed by atoms with Gasteiger partial charge in [0.1, 0.15) is 0 Å². The van der Waals surface area contributed by atoms with Crippen molar-refractivity contribution in [2.45, 2.75) is 46.0 Å². The predicted molar refractivity (Wildman–Crippen MR) is 54.2 cm³/mol. The summed E-state index contributed by atoms with van der Waals surface area (Å²) in [4.78, 5) is 0. The highest BCUT2D eigenvalue weighted by molar-refractivity contribution is 5.85. The van der Waals surface area contributed by atoms with Crippen molar-refractivity contribution < 1.29 is 0 Å². The lowest BCUT2D eigenvalue weighted by Gasteiger charge is -2.12. The van der Waals surface area contributed by atoms with E-state index in [2.05, 4.69) is 13.8 Å². The van der Waals surface area contributed by atoms with E-state index in [1.54, 1.807) is 0 Å². The zero-order valence-corrected chi connectivity index (χ0v) is 8.62. The van der Waals surface area contributed by atoms with E-state index in [0.717, 1.165) is 12.5 Å². The molecule has 0 bridgehead atoms. The molecule has 0 heterocycles. The molecule has 70 valence electrons. The maximum atomic E-state index is 5.49. The minimum atomic E-state index is 0. The van der Waals surface area contributed by atoms with Crippen LogP contribution in [0.25, 0.3) is 0 Å². The van der Waals surface area contributed by atoms with E-state index in [9.17, 15) is 0 Å². The molecule has 0 aliphatic rings. The van der Waals surface area contributed by atoms with Crippen LogP contribution >= 0.6 is 12.4 Å². The first-order chi connectivity index (χ1) is 4.85. The zero-order valence-electron chi connectivity index (χ0n) is 7.81. The fourth-order valence-electron chi connectivity index (χ4n) is 1.49. The van der Waals surface area contributed by atoms with Gasteiger partial charge in [-0.15, -0.1) is 12.4 Å². The van der Waals surface area contributed by atoms with Crippen LogP contribution in [-0.2, 0) is 0 Å². The topological polar surface area (TPSA) is 26.0 Å². The van der Waals surface area contributed by atoms with Crippen LogP contribution < -0.4 is 5.73 Å². The van der Waals surface area contributed by atoms with E-state index < -0.39 is 0 Å². The standard InChI is InChI=1S/C9H21N.ClH/c1-3-5-9(6-4-2)7-8-10;/h9H,3-8,10H2,1-2H3;1H. The van der Waals surface area contributed by atoms with Crippen LogP contribution in [0, 0.1) is 5.92 Å². The van der Waals surface area contributed by atoms with E-state index in [4.69, 9.17) is 5.73 Å². The molecule has 0 aromatic carbocycles. The lowest BCUT2D eigenvalue weighted by Crippen LogP contribution is -2.08. The lowest BCUT2D eigenvalue weighted by atomic mass is 9.95. The molecular formula is C9H22ClN. The molecule has 0 spiro atoms. The molecule has 0 fully saturated rings. The Bertz CT molecular complexity index is 52.3. The van der Waals surface area contributed by atoms with Gasteiger partial charge in [0.15, 0.2) is 0 Å². The third-order valence-corrected chi connectivity index (χ3v) is 1.97. The minimum Gasteiger partial charge on any atom is -0.330 e. The average Bonchev–Trinajstić information content (AvgIpc) is 1.90.